The predicted octanol–water partition coefficient (Wildman–Crippen LogP) is 1.40. The summed E-state index contributed by atoms with van der Waals surface area (Å²) in [6, 6.07) is 2.26. The van der Waals surface area contributed by atoms with E-state index in [1.165, 1.54) is 0 Å². The van der Waals surface area contributed by atoms with Crippen molar-refractivity contribution in [2.75, 3.05) is 13.1 Å². The van der Waals surface area contributed by atoms with E-state index in [-0.39, 0.29) is 11.8 Å². The van der Waals surface area contributed by atoms with Crippen LogP contribution in [0.25, 0.3) is 0 Å². The molecule has 3 heteroatoms. The minimum atomic E-state index is 0.0714. The van der Waals surface area contributed by atoms with Crippen LogP contribution in [0.3, 0.4) is 0 Å². The van der Waals surface area contributed by atoms with Gasteiger partial charge in [-0.3, -0.25) is 4.79 Å². The third-order valence-electron chi connectivity index (χ3n) is 2.81. The summed E-state index contributed by atoms with van der Waals surface area (Å²) in [6.45, 7) is 5.17. The lowest BCUT2D eigenvalue weighted by Gasteiger charge is -2.33. The van der Waals surface area contributed by atoms with Gasteiger partial charge in [0.05, 0.1) is 6.07 Å². The molecule has 0 N–H and O–H groups in total. The van der Waals surface area contributed by atoms with Crippen molar-refractivity contribution in [1.82, 2.24) is 4.90 Å². The molecule has 0 bridgehead atoms. The van der Waals surface area contributed by atoms with Crippen molar-refractivity contribution >= 4 is 5.91 Å². The number of piperidine rings is 1. The minimum Gasteiger partial charge on any atom is -0.343 e. The van der Waals surface area contributed by atoms with Gasteiger partial charge < -0.3 is 4.90 Å². The number of nitrogens with zero attached hydrogens (tertiary/aromatic N) is 2. The normalized spacial score (nSPS) is 25.0. The summed E-state index contributed by atoms with van der Waals surface area (Å²) in [5.74, 6) is 0.583. The van der Waals surface area contributed by atoms with Gasteiger partial charge >= 0.3 is 0 Å². The van der Waals surface area contributed by atoms with Crippen molar-refractivity contribution in [1.29, 1.82) is 5.26 Å². The molecule has 2 unspecified atom stereocenters. The highest BCUT2D eigenvalue weighted by Gasteiger charge is 2.25. The van der Waals surface area contributed by atoms with Gasteiger partial charge in [-0.2, -0.15) is 5.26 Å². The van der Waals surface area contributed by atoms with E-state index >= 15 is 0 Å². The van der Waals surface area contributed by atoms with Crippen LogP contribution in [0.1, 0.15) is 26.7 Å². The van der Waals surface area contributed by atoms with E-state index in [2.05, 4.69) is 6.07 Å². The molecular formula is C10H16N2O. The van der Waals surface area contributed by atoms with Gasteiger partial charge in [0.2, 0.25) is 5.91 Å². The summed E-state index contributed by atoms with van der Waals surface area (Å²) in [5.41, 5.74) is 0. The fourth-order valence-electron chi connectivity index (χ4n) is 1.81. The maximum atomic E-state index is 11.1. The summed E-state index contributed by atoms with van der Waals surface area (Å²) < 4.78 is 0. The van der Waals surface area contributed by atoms with Crippen LogP contribution in [0.15, 0.2) is 0 Å². The second kappa shape index (κ2) is 4.27. The lowest BCUT2D eigenvalue weighted by atomic mass is 9.87. The van der Waals surface area contributed by atoms with Gasteiger partial charge in [0, 0.05) is 25.9 Å². The summed E-state index contributed by atoms with van der Waals surface area (Å²) >= 11 is 0. The summed E-state index contributed by atoms with van der Waals surface area (Å²) in [4.78, 5) is 12.9. The van der Waals surface area contributed by atoms with E-state index in [9.17, 15) is 4.79 Å². The molecule has 13 heavy (non-hydrogen) atoms. The fraction of sp³-hybridized carbons (Fsp3) is 0.800. The lowest BCUT2D eigenvalue weighted by Crippen LogP contribution is -2.40. The van der Waals surface area contributed by atoms with Gasteiger partial charge in [0.1, 0.15) is 0 Å². The first-order valence-electron chi connectivity index (χ1n) is 4.80. The fourth-order valence-corrected chi connectivity index (χ4v) is 1.81. The van der Waals surface area contributed by atoms with Crippen molar-refractivity contribution in [3.63, 3.8) is 0 Å². The number of amides is 1. The van der Waals surface area contributed by atoms with Crippen molar-refractivity contribution in [2.24, 2.45) is 11.8 Å². The second-order valence-electron chi connectivity index (χ2n) is 3.79. The van der Waals surface area contributed by atoms with E-state index < -0.39 is 0 Å². The Hall–Kier alpha value is -1.04. The number of hydrogen-bond acceptors (Lipinski definition) is 2. The Bertz CT molecular complexity index is 232. The molecule has 0 spiro atoms. The molecule has 0 aromatic rings. The zero-order valence-electron chi connectivity index (χ0n) is 8.29. The number of likely N-dealkylation sites (tertiary alicyclic amines) is 1. The van der Waals surface area contributed by atoms with Crippen LogP contribution in [0.5, 0.6) is 0 Å². The van der Waals surface area contributed by atoms with Crippen LogP contribution < -0.4 is 0 Å². The van der Waals surface area contributed by atoms with E-state index in [0.717, 1.165) is 25.9 Å². The van der Waals surface area contributed by atoms with Crippen LogP contribution in [-0.2, 0) is 4.79 Å². The highest BCUT2D eigenvalue weighted by Crippen LogP contribution is 2.23. The highest BCUT2D eigenvalue weighted by molar-refractivity contribution is 5.73. The van der Waals surface area contributed by atoms with Crippen LogP contribution in [-0.4, -0.2) is 23.9 Å². The van der Waals surface area contributed by atoms with Gasteiger partial charge in [-0.05, 0) is 25.7 Å². The van der Waals surface area contributed by atoms with Gasteiger partial charge in [0.15, 0.2) is 0 Å². The predicted molar refractivity (Wildman–Crippen MR) is 49.8 cm³/mol. The third-order valence-corrected chi connectivity index (χ3v) is 2.81. The first-order chi connectivity index (χ1) is 6.15. The molecule has 3 nitrogen and oxygen atoms in total. The molecule has 1 heterocycles. The number of carbonyl (C=O) groups excluding carboxylic acids is 1. The Morgan fingerprint density at radius 3 is 2.92 bits per heavy atom. The molecule has 1 aliphatic heterocycles. The first kappa shape index (κ1) is 10.0. The lowest BCUT2D eigenvalue weighted by molar-refractivity contribution is -0.130. The van der Waals surface area contributed by atoms with E-state index in [1.807, 2.05) is 11.8 Å². The zero-order valence-corrected chi connectivity index (χ0v) is 8.29. The van der Waals surface area contributed by atoms with Gasteiger partial charge in [0.25, 0.3) is 0 Å². The van der Waals surface area contributed by atoms with Crippen molar-refractivity contribution in [3.05, 3.63) is 0 Å². The SMILES string of the molecule is CC(=O)N1CCCC(C(C)C#N)C1. The Morgan fingerprint density at radius 2 is 2.38 bits per heavy atom. The molecule has 2 atom stereocenters. The maximum absolute atomic E-state index is 11.1. The average molecular weight is 180 g/mol. The Balaban J connectivity index is 2.52. The van der Waals surface area contributed by atoms with Crippen molar-refractivity contribution in [2.45, 2.75) is 26.7 Å². The molecule has 0 aliphatic carbocycles. The number of nitriles is 1. The number of rotatable bonds is 1. The Kier molecular flexibility index (Phi) is 3.30. The van der Waals surface area contributed by atoms with Crippen molar-refractivity contribution < 1.29 is 4.79 Å². The number of hydrogen-bond donors (Lipinski definition) is 0. The molecule has 0 radical (unpaired) electrons. The minimum absolute atomic E-state index is 0.0714. The molecular weight excluding hydrogens is 164 g/mol. The monoisotopic (exact) mass is 180 g/mol. The second-order valence-corrected chi connectivity index (χ2v) is 3.79. The molecule has 0 aromatic heterocycles. The quantitative estimate of drug-likeness (QED) is 0.612. The smallest absolute Gasteiger partial charge is 0.219 e. The average Bonchev–Trinajstić information content (AvgIpc) is 2.17. The van der Waals surface area contributed by atoms with Crippen LogP contribution in [0.2, 0.25) is 0 Å². The molecule has 72 valence electrons. The van der Waals surface area contributed by atoms with Crippen LogP contribution in [0.4, 0.5) is 0 Å². The molecule has 1 aliphatic rings. The van der Waals surface area contributed by atoms with E-state index in [4.69, 9.17) is 5.26 Å². The van der Waals surface area contributed by atoms with E-state index in [0.29, 0.717) is 5.92 Å². The Labute approximate surface area is 79.3 Å². The molecule has 1 rings (SSSR count). The zero-order chi connectivity index (χ0) is 9.84. The Morgan fingerprint density at radius 1 is 1.69 bits per heavy atom. The summed E-state index contributed by atoms with van der Waals surface area (Å²) in [7, 11) is 0. The summed E-state index contributed by atoms with van der Waals surface area (Å²) in [5, 5.41) is 8.76. The van der Waals surface area contributed by atoms with E-state index in [1.54, 1.807) is 6.92 Å². The standard InChI is InChI=1S/C10H16N2O/c1-8(6-11)10-4-3-5-12(7-10)9(2)13/h8,10H,3-5,7H2,1-2H3. The third kappa shape index (κ3) is 2.45. The number of carbonyl (C=O) groups is 1. The highest BCUT2D eigenvalue weighted by atomic mass is 16.2. The van der Waals surface area contributed by atoms with Gasteiger partial charge in [-0.25, -0.2) is 0 Å². The van der Waals surface area contributed by atoms with Crippen LogP contribution >= 0.6 is 0 Å². The molecule has 0 aromatic carbocycles. The van der Waals surface area contributed by atoms with Gasteiger partial charge in [-0.15, -0.1) is 0 Å². The summed E-state index contributed by atoms with van der Waals surface area (Å²) in [6.07, 6.45) is 2.12. The largest absolute Gasteiger partial charge is 0.343 e. The first-order valence-corrected chi connectivity index (χ1v) is 4.80. The molecule has 0 saturated carbocycles. The van der Waals surface area contributed by atoms with Crippen LogP contribution in [0, 0.1) is 23.2 Å². The molecule has 1 saturated heterocycles. The molecule has 1 amide bonds. The molecule has 1 fully saturated rings. The van der Waals surface area contributed by atoms with Crippen molar-refractivity contribution in [3.8, 4) is 6.07 Å². The topological polar surface area (TPSA) is 44.1 Å². The van der Waals surface area contributed by atoms with Gasteiger partial charge in [-0.1, -0.05) is 0 Å². The maximum Gasteiger partial charge on any atom is 0.219 e.